The highest BCUT2D eigenvalue weighted by atomic mass is 16.2. The smallest absolute Gasteiger partial charge is 0.240 e. The van der Waals surface area contributed by atoms with Gasteiger partial charge in [-0.3, -0.25) is 9.59 Å². The predicted octanol–water partition coefficient (Wildman–Crippen LogP) is 2.98. The zero-order valence-corrected chi connectivity index (χ0v) is 19.2. The standard InChI is InChI=1S/C24H32N6O2/c1-29(2)21-13-9-19(10-14-21)17-25-27-23(31)7-5-6-8-24(32)28-26-18-20-11-15-22(16-12-20)30(3)4/h9-18H,5-8H2,1-4H3,(H,27,31)(H,28,32)/b25-17-,26-18-. The first-order valence-corrected chi connectivity index (χ1v) is 10.5. The molecule has 32 heavy (non-hydrogen) atoms. The summed E-state index contributed by atoms with van der Waals surface area (Å²) in [6, 6.07) is 15.7. The summed E-state index contributed by atoms with van der Waals surface area (Å²) in [7, 11) is 7.91. The molecule has 0 saturated carbocycles. The van der Waals surface area contributed by atoms with Crippen molar-refractivity contribution in [3.05, 3.63) is 59.7 Å². The van der Waals surface area contributed by atoms with Gasteiger partial charge in [0.15, 0.2) is 0 Å². The number of hydrazone groups is 2. The van der Waals surface area contributed by atoms with Gasteiger partial charge < -0.3 is 9.80 Å². The fraction of sp³-hybridized carbons (Fsp3) is 0.333. The lowest BCUT2D eigenvalue weighted by Gasteiger charge is -2.11. The van der Waals surface area contributed by atoms with Crippen molar-refractivity contribution >= 4 is 35.6 Å². The highest BCUT2D eigenvalue weighted by Gasteiger charge is 2.03. The summed E-state index contributed by atoms with van der Waals surface area (Å²) in [6.45, 7) is 0. The third-order valence-corrected chi connectivity index (χ3v) is 4.68. The van der Waals surface area contributed by atoms with Crippen LogP contribution in [0.4, 0.5) is 11.4 Å². The monoisotopic (exact) mass is 436 g/mol. The molecule has 0 aliphatic heterocycles. The second-order valence-electron chi connectivity index (χ2n) is 7.77. The number of carbonyl (C=O) groups is 2. The van der Waals surface area contributed by atoms with E-state index >= 15 is 0 Å². The van der Waals surface area contributed by atoms with E-state index in [0.717, 1.165) is 22.5 Å². The largest absolute Gasteiger partial charge is 0.378 e. The van der Waals surface area contributed by atoms with Crippen molar-refractivity contribution in [2.75, 3.05) is 38.0 Å². The van der Waals surface area contributed by atoms with Gasteiger partial charge in [-0.15, -0.1) is 0 Å². The number of nitrogens with zero attached hydrogens (tertiary/aromatic N) is 4. The van der Waals surface area contributed by atoms with Crippen LogP contribution in [-0.2, 0) is 9.59 Å². The minimum Gasteiger partial charge on any atom is -0.378 e. The van der Waals surface area contributed by atoms with Gasteiger partial charge in [-0.25, -0.2) is 10.9 Å². The van der Waals surface area contributed by atoms with Gasteiger partial charge in [0, 0.05) is 52.4 Å². The van der Waals surface area contributed by atoms with Gasteiger partial charge in [-0.2, -0.15) is 10.2 Å². The van der Waals surface area contributed by atoms with Gasteiger partial charge >= 0.3 is 0 Å². The summed E-state index contributed by atoms with van der Waals surface area (Å²) in [6.07, 6.45) is 5.04. The SMILES string of the molecule is CN(C)c1ccc(/C=N\NC(=O)CCCCC(=O)N/N=C\c2ccc(N(C)C)cc2)cc1. The van der Waals surface area contributed by atoms with Gasteiger partial charge in [0.2, 0.25) is 11.8 Å². The van der Waals surface area contributed by atoms with E-state index < -0.39 is 0 Å². The van der Waals surface area contributed by atoms with Crippen molar-refractivity contribution in [3.8, 4) is 0 Å². The molecule has 2 aromatic carbocycles. The van der Waals surface area contributed by atoms with Crippen LogP contribution in [0.2, 0.25) is 0 Å². The number of carbonyl (C=O) groups excluding carboxylic acids is 2. The Hall–Kier alpha value is -3.68. The third-order valence-electron chi connectivity index (χ3n) is 4.68. The van der Waals surface area contributed by atoms with E-state index in [-0.39, 0.29) is 11.8 Å². The van der Waals surface area contributed by atoms with Gasteiger partial charge in [0.1, 0.15) is 0 Å². The molecule has 2 N–H and O–H groups in total. The maximum atomic E-state index is 11.9. The Kier molecular flexibility index (Phi) is 9.90. The van der Waals surface area contributed by atoms with Gasteiger partial charge in [-0.05, 0) is 48.2 Å². The van der Waals surface area contributed by atoms with Crippen molar-refractivity contribution in [2.24, 2.45) is 10.2 Å². The minimum absolute atomic E-state index is 0.175. The molecule has 0 aromatic heterocycles. The number of anilines is 2. The van der Waals surface area contributed by atoms with E-state index in [2.05, 4.69) is 21.1 Å². The molecule has 0 aliphatic carbocycles. The Morgan fingerprint density at radius 1 is 0.688 bits per heavy atom. The zero-order chi connectivity index (χ0) is 23.3. The average molecular weight is 437 g/mol. The van der Waals surface area contributed by atoms with Crippen molar-refractivity contribution in [1.29, 1.82) is 0 Å². The van der Waals surface area contributed by atoms with Crippen LogP contribution in [0.5, 0.6) is 0 Å². The molecule has 0 atom stereocenters. The molecule has 2 amide bonds. The average Bonchev–Trinajstić information content (AvgIpc) is 2.77. The first kappa shape index (κ1) is 24.6. The second kappa shape index (κ2) is 12.9. The Labute approximate surface area is 190 Å². The summed E-state index contributed by atoms with van der Waals surface area (Å²) >= 11 is 0. The Bertz CT molecular complexity index is 841. The number of benzene rings is 2. The van der Waals surface area contributed by atoms with Crippen LogP contribution in [-0.4, -0.2) is 52.4 Å². The van der Waals surface area contributed by atoms with Crippen molar-refractivity contribution in [2.45, 2.75) is 25.7 Å². The van der Waals surface area contributed by atoms with Crippen LogP contribution in [0.3, 0.4) is 0 Å². The first-order chi connectivity index (χ1) is 15.3. The molecule has 0 bridgehead atoms. The number of amides is 2. The van der Waals surface area contributed by atoms with Crippen LogP contribution >= 0.6 is 0 Å². The van der Waals surface area contributed by atoms with E-state index in [0.29, 0.717) is 25.7 Å². The summed E-state index contributed by atoms with van der Waals surface area (Å²) < 4.78 is 0. The zero-order valence-electron chi connectivity index (χ0n) is 19.2. The van der Waals surface area contributed by atoms with E-state index in [9.17, 15) is 9.59 Å². The van der Waals surface area contributed by atoms with Gasteiger partial charge in [0.05, 0.1) is 12.4 Å². The molecule has 2 rings (SSSR count). The summed E-state index contributed by atoms with van der Waals surface area (Å²) in [5.41, 5.74) is 9.03. The van der Waals surface area contributed by atoms with Crippen LogP contribution in [0.1, 0.15) is 36.8 Å². The summed E-state index contributed by atoms with van der Waals surface area (Å²) in [5, 5.41) is 7.95. The number of hydrogen-bond donors (Lipinski definition) is 2. The second-order valence-corrected chi connectivity index (χ2v) is 7.77. The topological polar surface area (TPSA) is 89.4 Å². The molecule has 0 unspecified atom stereocenters. The first-order valence-electron chi connectivity index (χ1n) is 10.5. The van der Waals surface area contributed by atoms with E-state index in [1.807, 2.05) is 86.5 Å². The van der Waals surface area contributed by atoms with E-state index in [1.54, 1.807) is 12.4 Å². The molecular formula is C24H32N6O2. The number of rotatable bonds is 11. The molecule has 8 nitrogen and oxygen atoms in total. The molecule has 0 heterocycles. The molecule has 0 aliphatic rings. The molecule has 2 aromatic rings. The van der Waals surface area contributed by atoms with Gasteiger partial charge in [0.25, 0.3) is 0 Å². The third kappa shape index (κ3) is 8.99. The minimum atomic E-state index is -0.175. The van der Waals surface area contributed by atoms with Crippen molar-refractivity contribution in [1.82, 2.24) is 10.9 Å². The number of nitrogens with one attached hydrogen (secondary N) is 2. The van der Waals surface area contributed by atoms with E-state index in [4.69, 9.17) is 0 Å². The predicted molar refractivity (Wildman–Crippen MR) is 131 cm³/mol. The van der Waals surface area contributed by atoms with Crippen molar-refractivity contribution < 1.29 is 9.59 Å². The highest BCUT2D eigenvalue weighted by molar-refractivity contribution is 5.83. The summed E-state index contributed by atoms with van der Waals surface area (Å²) in [4.78, 5) is 27.7. The van der Waals surface area contributed by atoms with Crippen LogP contribution in [0.25, 0.3) is 0 Å². The Balaban J connectivity index is 1.59. The lowest BCUT2D eigenvalue weighted by molar-refractivity contribution is -0.123. The lowest BCUT2D eigenvalue weighted by atomic mass is 10.2. The maximum absolute atomic E-state index is 11.9. The van der Waals surface area contributed by atoms with E-state index in [1.165, 1.54) is 0 Å². The number of unbranched alkanes of at least 4 members (excludes halogenated alkanes) is 1. The maximum Gasteiger partial charge on any atom is 0.240 e. The Morgan fingerprint density at radius 3 is 1.34 bits per heavy atom. The Morgan fingerprint density at radius 2 is 1.03 bits per heavy atom. The molecule has 8 heteroatoms. The lowest BCUT2D eigenvalue weighted by Crippen LogP contribution is -2.19. The van der Waals surface area contributed by atoms with Crippen LogP contribution in [0.15, 0.2) is 58.7 Å². The van der Waals surface area contributed by atoms with Crippen LogP contribution in [0, 0.1) is 0 Å². The molecular weight excluding hydrogens is 404 g/mol. The normalized spacial score (nSPS) is 11.0. The molecule has 0 fully saturated rings. The molecule has 0 spiro atoms. The fourth-order valence-electron chi connectivity index (χ4n) is 2.76. The molecule has 170 valence electrons. The number of hydrogen-bond acceptors (Lipinski definition) is 6. The van der Waals surface area contributed by atoms with Crippen LogP contribution < -0.4 is 20.7 Å². The quantitative estimate of drug-likeness (QED) is 0.322. The van der Waals surface area contributed by atoms with Crippen molar-refractivity contribution in [3.63, 3.8) is 0 Å². The highest BCUT2D eigenvalue weighted by Crippen LogP contribution is 2.11. The summed E-state index contributed by atoms with van der Waals surface area (Å²) in [5.74, 6) is -0.350. The fourth-order valence-corrected chi connectivity index (χ4v) is 2.76. The van der Waals surface area contributed by atoms with Gasteiger partial charge in [-0.1, -0.05) is 24.3 Å². The molecule has 0 radical (unpaired) electrons. The molecule has 0 saturated heterocycles.